The van der Waals surface area contributed by atoms with Gasteiger partial charge in [-0.3, -0.25) is 0 Å². The van der Waals surface area contributed by atoms with E-state index in [9.17, 15) is 4.79 Å². The summed E-state index contributed by atoms with van der Waals surface area (Å²) in [6.07, 6.45) is 1.68. The molecule has 5 heteroatoms. The Hall–Kier alpha value is -1.75. The molecule has 0 fully saturated rings. The minimum atomic E-state index is -0.187. The second kappa shape index (κ2) is 4.17. The van der Waals surface area contributed by atoms with E-state index in [4.69, 9.17) is 4.42 Å². The molecule has 3 rings (SSSR count). The third kappa shape index (κ3) is 1.80. The first-order valence-electron chi connectivity index (χ1n) is 5.55. The number of H-pyrrole nitrogens is 2. The standard InChI is InChI=1S/C13H11BrN2O2/c1-7-9(4-5-18-7)12(14)8-2-3-10-11(6-8)16-13(17)15-10/h2-6,12H,1H3,(H2,15,16,17). The lowest BCUT2D eigenvalue weighted by Gasteiger charge is -2.09. The molecule has 0 saturated carbocycles. The molecule has 0 radical (unpaired) electrons. The zero-order valence-electron chi connectivity index (χ0n) is 9.66. The van der Waals surface area contributed by atoms with Crippen molar-refractivity contribution in [1.82, 2.24) is 9.97 Å². The highest BCUT2D eigenvalue weighted by atomic mass is 79.9. The van der Waals surface area contributed by atoms with Gasteiger partial charge in [-0.1, -0.05) is 22.0 Å². The van der Waals surface area contributed by atoms with Gasteiger partial charge in [0.15, 0.2) is 0 Å². The lowest BCUT2D eigenvalue weighted by atomic mass is 10.1. The van der Waals surface area contributed by atoms with Crippen LogP contribution in [0.2, 0.25) is 0 Å². The number of furan rings is 1. The van der Waals surface area contributed by atoms with Gasteiger partial charge in [0.2, 0.25) is 0 Å². The molecular formula is C13H11BrN2O2. The fraction of sp³-hybridized carbons (Fsp3) is 0.154. The van der Waals surface area contributed by atoms with E-state index in [-0.39, 0.29) is 10.5 Å². The molecule has 1 atom stereocenters. The number of imidazole rings is 1. The van der Waals surface area contributed by atoms with Crippen molar-refractivity contribution in [2.45, 2.75) is 11.8 Å². The monoisotopic (exact) mass is 306 g/mol. The summed E-state index contributed by atoms with van der Waals surface area (Å²) in [5.41, 5.74) is 3.60. The topological polar surface area (TPSA) is 61.8 Å². The second-order valence-electron chi connectivity index (χ2n) is 4.18. The van der Waals surface area contributed by atoms with Crippen molar-refractivity contribution in [3.63, 3.8) is 0 Å². The number of halogens is 1. The van der Waals surface area contributed by atoms with Crippen molar-refractivity contribution < 1.29 is 4.42 Å². The second-order valence-corrected chi connectivity index (χ2v) is 5.09. The van der Waals surface area contributed by atoms with Crippen LogP contribution in [0.1, 0.15) is 21.7 Å². The molecule has 0 aliphatic carbocycles. The van der Waals surface area contributed by atoms with Crippen LogP contribution in [0.5, 0.6) is 0 Å². The lowest BCUT2D eigenvalue weighted by Crippen LogP contribution is -1.99. The van der Waals surface area contributed by atoms with Gasteiger partial charge in [-0.2, -0.15) is 0 Å². The third-order valence-corrected chi connectivity index (χ3v) is 4.03. The van der Waals surface area contributed by atoms with E-state index in [1.54, 1.807) is 6.26 Å². The fourth-order valence-electron chi connectivity index (χ4n) is 2.05. The highest BCUT2D eigenvalue weighted by Crippen LogP contribution is 2.34. The number of rotatable bonds is 2. The van der Waals surface area contributed by atoms with E-state index in [1.807, 2.05) is 31.2 Å². The van der Waals surface area contributed by atoms with E-state index in [2.05, 4.69) is 25.9 Å². The number of aromatic amines is 2. The molecule has 3 aromatic rings. The summed E-state index contributed by atoms with van der Waals surface area (Å²) in [6.45, 7) is 1.93. The number of hydrogen-bond donors (Lipinski definition) is 2. The Kier molecular flexibility index (Phi) is 2.63. The molecular weight excluding hydrogens is 296 g/mol. The first kappa shape index (κ1) is 11.3. The third-order valence-electron chi connectivity index (χ3n) is 3.00. The van der Waals surface area contributed by atoms with Crippen LogP contribution >= 0.6 is 15.9 Å². The minimum absolute atomic E-state index is 0.0547. The first-order chi connectivity index (χ1) is 8.65. The van der Waals surface area contributed by atoms with Crippen molar-refractivity contribution in [2.75, 3.05) is 0 Å². The van der Waals surface area contributed by atoms with E-state index in [0.29, 0.717) is 0 Å². The molecule has 0 bridgehead atoms. The molecule has 1 aromatic carbocycles. The molecule has 92 valence electrons. The van der Waals surface area contributed by atoms with Crippen LogP contribution in [0.4, 0.5) is 0 Å². The van der Waals surface area contributed by atoms with Crippen LogP contribution in [-0.2, 0) is 0 Å². The molecule has 2 aromatic heterocycles. The van der Waals surface area contributed by atoms with E-state index >= 15 is 0 Å². The Bertz CT molecular complexity index is 754. The van der Waals surface area contributed by atoms with E-state index in [1.165, 1.54) is 0 Å². The predicted molar refractivity (Wildman–Crippen MR) is 73.1 cm³/mol. The minimum Gasteiger partial charge on any atom is -0.469 e. The largest absolute Gasteiger partial charge is 0.469 e. The van der Waals surface area contributed by atoms with Gasteiger partial charge < -0.3 is 14.4 Å². The average molecular weight is 307 g/mol. The molecule has 1 unspecified atom stereocenters. The van der Waals surface area contributed by atoms with Crippen LogP contribution in [-0.4, -0.2) is 9.97 Å². The number of nitrogens with one attached hydrogen (secondary N) is 2. The maximum absolute atomic E-state index is 11.2. The summed E-state index contributed by atoms with van der Waals surface area (Å²) in [6, 6.07) is 7.78. The number of alkyl halides is 1. The molecule has 0 amide bonds. The number of aromatic nitrogens is 2. The van der Waals surface area contributed by atoms with Gasteiger partial charge in [-0.15, -0.1) is 0 Å². The summed E-state index contributed by atoms with van der Waals surface area (Å²) in [5, 5.41) is 0. The highest BCUT2D eigenvalue weighted by Gasteiger charge is 2.15. The summed E-state index contributed by atoms with van der Waals surface area (Å²) in [5.74, 6) is 0.888. The first-order valence-corrected chi connectivity index (χ1v) is 6.47. The number of hydrogen-bond acceptors (Lipinski definition) is 2. The van der Waals surface area contributed by atoms with Gasteiger partial charge in [0.05, 0.1) is 22.1 Å². The summed E-state index contributed by atoms with van der Waals surface area (Å²) in [4.78, 5) is 16.8. The van der Waals surface area contributed by atoms with Crippen molar-refractivity contribution in [2.24, 2.45) is 0 Å². The normalized spacial score (nSPS) is 13.0. The van der Waals surface area contributed by atoms with Crippen molar-refractivity contribution in [3.8, 4) is 0 Å². The highest BCUT2D eigenvalue weighted by molar-refractivity contribution is 9.09. The maximum atomic E-state index is 11.2. The van der Waals surface area contributed by atoms with Gasteiger partial charge in [0, 0.05) is 5.56 Å². The van der Waals surface area contributed by atoms with Crippen molar-refractivity contribution >= 4 is 27.0 Å². The molecule has 0 aliphatic rings. The van der Waals surface area contributed by atoms with Crippen LogP contribution in [0.25, 0.3) is 11.0 Å². The van der Waals surface area contributed by atoms with Crippen molar-refractivity contribution in [1.29, 1.82) is 0 Å². The molecule has 18 heavy (non-hydrogen) atoms. The Morgan fingerprint density at radius 1 is 1.22 bits per heavy atom. The van der Waals surface area contributed by atoms with Crippen molar-refractivity contribution in [3.05, 3.63) is 57.9 Å². The van der Waals surface area contributed by atoms with Crippen LogP contribution < -0.4 is 5.69 Å². The lowest BCUT2D eigenvalue weighted by molar-refractivity contribution is 0.530. The van der Waals surface area contributed by atoms with Gasteiger partial charge in [-0.05, 0) is 30.7 Å². The zero-order valence-corrected chi connectivity index (χ0v) is 11.2. The van der Waals surface area contributed by atoms with Gasteiger partial charge in [0.1, 0.15) is 5.76 Å². The number of fused-ring (bicyclic) bond motifs is 1. The number of benzene rings is 1. The van der Waals surface area contributed by atoms with Gasteiger partial charge in [0.25, 0.3) is 0 Å². The van der Waals surface area contributed by atoms with E-state index < -0.39 is 0 Å². The Labute approximate surface area is 111 Å². The maximum Gasteiger partial charge on any atom is 0.323 e. The summed E-state index contributed by atoms with van der Waals surface area (Å²) >= 11 is 3.65. The predicted octanol–water partition coefficient (Wildman–Crippen LogP) is 3.24. The summed E-state index contributed by atoms with van der Waals surface area (Å²) < 4.78 is 5.30. The molecule has 0 aliphatic heterocycles. The molecule has 4 nitrogen and oxygen atoms in total. The van der Waals surface area contributed by atoms with Crippen LogP contribution in [0.3, 0.4) is 0 Å². The molecule has 2 heterocycles. The summed E-state index contributed by atoms with van der Waals surface area (Å²) in [7, 11) is 0. The SMILES string of the molecule is Cc1occc1C(Br)c1ccc2[nH]c(=O)[nH]c2c1. The van der Waals surface area contributed by atoms with E-state index in [0.717, 1.165) is 27.9 Å². The Balaban J connectivity index is 2.09. The average Bonchev–Trinajstić information content (AvgIpc) is 2.91. The smallest absolute Gasteiger partial charge is 0.323 e. The van der Waals surface area contributed by atoms with Crippen LogP contribution in [0.15, 0.2) is 39.7 Å². The molecule has 0 spiro atoms. The molecule has 0 saturated heterocycles. The Morgan fingerprint density at radius 3 is 2.72 bits per heavy atom. The Morgan fingerprint density at radius 2 is 2.00 bits per heavy atom. The number of aryl methyl sites for hydroxylation is 1. The zero-order chi connectivity index (χ0) is 12.7. The fourth-order valence-corrected chi connectivity index (χ4v) is 2.80. The quantitative estimate of drug-likeness (QED) is 0.714. The van der Waals surface area contributed by atoms with Gasteiger partial charge in [-0.25, -0.2) is 4.79 Å². The molecule has 2 N–H and O–H groups in total. The van der Waals surface area contributed by atoms with Gasteiger partial charge >= 0.3 is 5.69 Å². The van der Waals surface area contributed by atoms with Crippen LogP contribution in [0, 0.1) is 6.92 Å².